The van der Waals surface area contributed by atoms with Gasteiger partial charge in [0.25, 0.3) is 5.91 Å². The predicted octanol–water partition coefficient (Wildman–Crippen LogP) is 2.32. The van der Waals surface area contributed by atoms with Crippen molar-refractivity contribution in [2.24, 2.45) is 0 Å². The molecule has 1 rings (SSSR count). The first-order valence-electron chi connectivity index (χ1n) is 4.65. The van der Waals surface area contributed by atoms with Crippen LogP contribution in [0.5, 0.6) is 5.75 Å². The number of aromatic hydroxyl groups is 1. The maximum absolute atomic E-state index is 11.9. The molecule has 0 saturated carbocycles. The highest BCUT2D eigenvalue weighted by Gasteiger charge is 2.20. The van der Waals surface area contributed by atoms with Gasteiger partial charge in [-0.1, -0.05) is 0 Å². The average Bonchev–Trinajstić information content (AvgIpc) is 2.51. The van der Waals surface area contributed by atoms with E-state index in [4.69, 9.17) is 0 Å². The first kappa shape index (κ1) is 11.0. The van der Waals surface area contributed by atoms with Crippen LogP contribution in [0.25, 0.3) is 0 Å². The van der Waals surface area contributed by atoms with E-state index in [0.717, 1.165) is 0 Å². The van der Waals surface area contributed by atoms with Gasteiger partial charge in [0.15, 0.2) is 0 Å². The third kappa shape index (κ3) is 2.07. The highest BCUT2D eigenvalue weighted by atomic mass is 32.1. The van der Waals surface area contributed by atoms with Gasteiger partial charge in [0.1, 0.15) is 10.6 Å². The lowest BCUT2D eigenvalue weighted by atomic mass is 10.3. The van der Waals surface area contributed by atoms with Crippen LogP contribution in [0.3, 0.4) is 0 Å². The Morgan fingerprint density at radius 2 is 2.29 bits per heavy atom. The molecule has 4 heteroatoms. The van der Waals surface area contributed by atoms with Crippen molar-refractivity contribution in [3.05, 3.63) is 16.3 Å². The maximum atomic E-state index is 11.9. The molecule has 0 unspecified atom stereocenters. The van der Waals surface area contributed by atoms with E-state index >= 15 is 0 Å². The minimum Gasteiger partial charge on any atom is -0.506 e. The number of hydrogen-bond donors (Lipinski definition) is 1. The van der Waals surface area contributed by atoms with Crippen LogP contribution in [-0.2, 0) is 0 Å². The van der Waals surface area contributed by atoms with E-state index in [2.05, 4.69) is 0 Å². The average molecular weight is 213 g/mol. The summed E-state index contributed by atoms with van der Waals surface area (Å²) in [6.07, 6.45) is 0. The van der Waals surface area contributed by atoms with Gasteiger partial charge in [0.2, 0.25) is 0 Å². The lowest BCUT2D eigenvalue weighted by molar-refractivity contribution is 0.0719. The normalized spacial score (nSPS) is 10.6. The molecule has 0 aliphatic rings. The van der Waals surface area contributed by atoms with Crippen LogP contribution in [0.4, 0.5) is 0 Å². The summed E-state index contributed by atoms with van der Waals surface area (Å²) in [5, 5.41) is 11.1. The molecular formula is C10H15NO2S. The van der Waals surface area contributed by atoms with E-state index in [1.165, 1.54) is 11.3 Å². The number of carbonyl (C=O) groups excluding carboxylic acids is 1. The summed E-state index contributed by atoms with van der Waals surface area (Å²) in [7, 11) is 0. The number of nitrogens with zero attached hydrogens (tertiary/aromatic N) is 1. The predicted molar refractivity (Wildman–Crippen MR) is 57.8 cm³/mol. The van der Waals surface area contributed by atoms with Gasteiger partial charge in [0, 0.05) is 12.6 Å². The molecule has 3 nitrogen and oxygen atoms in total. The summed E-state index contributed by atoms with van der Waals surface area (Å²) in [5.74, 6) is -0.00546. The second-order valence-electron chi connectivity index (χ2n) is 3.32. The fourth-order valence-corrected chi connectivity index (χ4v) is 2.08. The van der Waals surface area contributed by atoms with Crippen molar-refractivity contribution in [2.75, 3.05) is 6.54 Å². The first-order chi connectivity index (χ1) is 6.57. The molecule has 0 radical (unpaired) electrons. The highest BCUT2D eigenvalue weighted by Crippen LogP contribution is 2.25. The summed E-state index contributed by atoms with van der Waals surface area (Å²) in [6, 6.07) is 1.71. The number of amides is 1. The third-order valence-electron chi connectivity index (χ3n) is 2.06. The second-order valence-corrected chi connectivity index (χ2v) is 4.24. The summed E-state index contributed by atoms with van der Waals surface area (Å²) >= 11 is 1.28. The van der Waals surface area contributed by atoms with E-state index in [1.807, 2.05) is 20.8 Å². The Morgan fingerprint density at radius 1 is 1.64 bits per heavy atom. The minimum absolute atomic E-state index is 0.0825. The second kappa shape index (κ2) is 4.46. The third-order valence-corrected chi connectivity index (χ3v) is 2.96. The van der Waals surface area contributed by atoms with Crippen LogP contribution >= 0.6 is 11.3 Å². The monoisotopic (exact) mass is 213 g/mol. The van der Waals surface area contributed by atoms with Gasteiger partial charge in [-0.25, -0.2) is 0 Å². The number of hydrogen-bond acceptors (Lipinski definition) is 3. The molecule has 0 spiro atoms. The van der Waals surface area contributed by atoms with E-state index in [1.54, 1.807) is 16.3 Å². The molecule has 0 bridgehead atoms. The number of thiophene rings is 1. The van der Waals surface area contributed by atoms with Gasteiger partial charge in [-0.05, 0) is 32.2 Å². The van der Waals surface area contributed by atoms with E-state index < -0.39 is 0 Å². The van der Waals surface area contributed by atoms with Gasteiger partial charge in [-0.2, -0.15) is 0 Å². The molecule has 14 heavy (non-hydrogen) atoms. The van der Waals surface area contributed by atoms with Crippen molar-refractivity contribution < 1.29 is 9.90 Å². The van der Waals surface area contributed by atoms with Gasteiger partial charge in [-0.3, -0.25) is 4.79 Å². The molecule has 0 saturated heterocycles. The van der Waals surface area contributed by atoms with Gasteiger partial charge in [0.05, 0.1) is 0 Å². The zero-order valence-electron chi connectivity index (χ0n) is 8.65. The van der Waals surface area contributed by atoms with Crippen molar-refractivity contribution in [1.82, 2.24) is 4.90 Å². The molecule has 0 atom stereocenters. The quantitative estimate of drug-likeness (QED) is 0.837. The Labute approximate surface area is 88.0 Å². The van der Waals surface area contributed by atoms with Crippen LogP contribution in [0.15, 0.2) is 11.4 Å². The van der Waals surface area contributed by atoms with E-state index in [9.17, 15) is 9.90 Å². The molecule has 1 N–H and O–H groups in total. The van der Waals surface area contributed by atoms with Crippen LogP contribution < -0.4 is 0 Å². The van der Waals surface area contributed by atoms with Crippen LogP contribution in [-0.4, -0.2) is 28.5 Å². The first-order valence-corrected chi connectivity index (χ1v) is 5.53. The number of carbonyl (C=O) groups is 1. The number of rotatable bonds is 3. The topological polar surface area (TPSA) is 40.5 Å². The summed E-state index contributed by atoms with van der Waals surface area (Å²) < 4.78 is 0. The van der Waals surface area contributed by atoms with E-state index in [-0.39, 0.29) is 17.7 Å². The summed E-state index contributed by atoms with van der Waals surface area (Å²) in [6.45, 7) is 6.52. The molecule has 0 aliphatic heterocycles. The van der Waals surface area contributed by atoms with E-state index in [0.29, 0.717) is 11.4 Å². The van der Waals surface area contributed by atoms with Crippen LogP contribution in [0.2, 0.25) is 0 Å². The van der Waals surface area contributed by atoms with Crippen molar-refractivity contribution in [3.8, 4) is 5.75 Å². The zero-order valence-corrected chi connectivity index (χ0v) is 9.47. The molecule has 78 valence electrons. The van der Waals surface area contributed by atoms with Gasteiger partial charge in [-0.15, -0.1) is 11.3 Å². The maximum Gasteiger partial charge on any atom is 0.267 e. The molecule has 1 aromatic rings. The molecule has 1 aromatic heterocycles. The molecule has 1 amide bonds. The smallest absolute Gasteiger partial charge is 0.267 e. The SMILES string of the molecule is CCN(C(=O)c1sccc1O)C(C)C. The molecule has 0 aromatic carbocycles. The fourth-order valence-electron chi connectivity index (χ4n) is 1.34. The van der Waals surface area contributed by atoms with Crippen molar-refractivity contribution in [3.63, 3.8) is 0 Å². The highest BCUT2D eigenvalue weighted by molar-refractivity contribution is 7.12. The molecule has 1 heterocycles. The van der Waals surface area contributed by atoms with Gasteiger partial charge >= 0.3 is 0 Å². The van der Waals surface area contributed by atoms with Crippen LogP contribution in [0, 0.1) is 0 Å². The van der Waals surface area contributed by atoms with Crippen LogP contribution in [0.1, 0.15) is 30.4 Å². The van der Waals surface area contributed by atoms with Crippen molar-refractivity contribution in [2.45, 2.75) is 26.8 Å². The Bertz CT molecular complexity index is 320. The Balaban J connectivity index is 2.89. The Hall–Kier alpha value is -1.03. The standard InChI is InChI=1S/C10H15NO2S/c1-4-11(7(2)3)10(13)9-8(12)5-6-14-9/h5-7,12H,4H2,1-3H3. The summed E-state index contributed by atoms with van der Waals surface area (Å²) in [5.41, 5.74) is 0. The van der Waals surface area contributed by atoms with Gasteiger partial charge < -0.3 is 10.0 Å². The lowest BCUT2D eigenvalue weighted by Gasteiger charge is -2.24. The Kier molecular flexibility index (Phi) is 3.52. The molecule has 0 aliphatic carbocycles. The molecule has 0 fully saturated rings. The fraction of sp³-hybridized carbons (Fsp3) is 0.500. The summed E-state index contributed by atoms with van der Waals surface area (Å²) in [4.78, 5) is 14.0. The van der Waals surface area contributed by atoms with Crippen molar-refractivity contribution in [1.29, 1.82) is 0 Å². The lowest BCUT2D eigenvalue weighted by Crippen LogP contribution is -2.36. The largest absolute Gasteiger partial charge is 0.506 e. The minimum atomic E-state index is -0.0880. The molecular weight excluding hydrogens is 198 g/mol. The zero-order chi connectivity index (χ0) is 10.7. The van der Waals surface area contributed by atoms with Crippen molar-refractivity contribution >= 4 is 17.2 Å². The Morgan fingerprint density at radius 3 is 2.64 bits per heavy atom.